The molecule has 142 valence electrons. The lowest BCUT2D eigenvalue weighted by Gasteiger charge is -2.43. The minimum absolute atomic E-state index is 0.137. The molecular formula is C19H27ClN4O2. The molecule has 6 nitrogen and oxygen atoms in total. The Kier molecular flexibility index (Phi) is 5.55. The van der Waals surface area contributed by atoms with Crippen LogP contribution in [0.4, 0.5) is 0 Å². The van der Waals surface area contributed by atoms with E-state index in [4.69, 9.17) is 11.6 Å². The number of nitrogens with zero attached hydrogens (tertiary/aromatic N) is 2. The number of H-pyrrole nitrogens is 1. The first-order valence-electron chi connectivity index (χ1n) is 9.07. The number of hydrogen-bond donors (Lipinski definition) is 3. The Morgan fingerprint density at radius 1 is 1.46 bits per heavy atom. The second kappa shape index (κ2) is 7.55. The number of carbonyl (C=O) groups is 1. The number of likely N-dealkylation sites (tertiary alicyclic amines) is 1. The first-order valence-corrected chi connectivity index (χ1v) is 9.45. The molecule has 0 aliphatic carbocycles. The zero-order valence-electron chi connectivity index (χ0n) is 15.6. The molecule has 3 rings (SSSR count). The lowest BCUT2D eigenvalue weighted by Crippen LogP contribution is -2.45. The van der Waals surface area contributed by atoms with Crippen LogP contribution >= 0.6 is 11.6 Å². The molecule has 3 N–H and O–H groups in total. The van der Waals surface area contributed by atoms with E-state index >= 15 is 0 Å². The number of likely N-dealkylation sites (N-methyl/N-ethyl adjacent to an activating group) is 1. The van der Waals surface area contributed by atoms with Gasteiger partial charge in [-0.05, 0) is 43.4 Å². The molecule has 1 aromatic carbocycles. The van der Waals surface area contributed by atoms with Gasteiger partial charge in [-0.1, -0.05) is 25.4 Å². The molecule has 0 spiro atoms. The largest absolute Gasteiger partial charge is 0.388 e. The van der Waals surface area contributed by atoms with Crippen molar-refractivity contribution in [3.05, 3.63) is 28.9 Å². The number of hydrogen-bond acceptors (Lipinski definition) is 4. The second-order valence-corrected chi connectivity index (χ2v) is 8.17. The summed E-state index contributed by atoms with van der Waals surface area (Å²) in [5.74, 6) is 0.450. The molecule has 7 heteroatoms. The van der Waals surface area contributed by atoms with E-state index < -0.39 is 6.10 Å². The Balaban J connectivity index is 1.77. The molecule has 1 unspecified atom stereocenters. The van der Waals surface area contributed by atoms with Crippen LogP contribution in [0.2, 0.25) is 5.02 Å². The lowest BCUT2D eigenvalue weighted by molar-refractivity contribution is -0.132. The van der Waals surface area contributed by atoms with Gasteiger partial charge < -0.3 is 15.3 Å². The third-order valence-electron chi connectivity index (χ3n) is 5.77. The fourth-order valence-electron chi connectivity index (χ4n) is 4.02. The number of aromatic amines is 1. The Morgan fingerprint density at radius 2 is 2.15 bits per heavy atom. The molecule has 1 aromatic heterocycles. The van der Waals surface area contributed by atoms with Gasteiger partial charge in [0, 0.05) is 29.1 Å². The predicted molar refractivity (Wildman–Crippen MR) is 103 cm³/mol. The summed E-state index contributed by atoms with van der Waals surface area (Å²) >= 11 is 6.24. The van der Waals surface area contributed by atoms with E-state index in [2.05, 4.69) is 29.4 Å². The van der Waals surface area contributed by atoms with Crippen LogP contribution < -0.4 is 5.32 Å². The highest BCUT2D eigenvalue weighted by Crippen LogP contribution is 2.46. The van der Waals surface area contributed by atoms with E-state index in [1.165, 1.54) is 0 Å². The highest BCUT2D eigenvalue weighted by molar-refractivity contribution is 6.31. The number of fused-ring (bicyclic) bond motifs is 1. The topological polar surface area (TPSA) is 81.2 Å². The molecule has 1 saturated heterocycles. The van der Waals surface area contributed by atoms with E-state index in [-0.39, 0.29) is 11.3 Å². The standard InChI is InChI=1S/C19H27ClN4O2/c1-19(2,13-4-6-24(7-5-13)16(25)11-21-3)18(26)15-9-14(20)8-12-10-22-23-17(12)15/h8-10,13,18,21,26H,4-7,11H2,1-3H3,(H,22,23). The van der Waals surface area contributed by atoms with Crippen molar-refractivity contribution in [3.8, 4) is 0 Å². The van der Waals surface area contributed by atoms with Crippen LogP contribution in [0.3, 0.4) is 0 Å². The fourth-order valence-corrected chi connectivity index (χ4v) is 4.26. The summed E-state index contributed by atoms with van der Waals surface area (Å²) in [4.78, 5) is 14.0. The number of aromatic nitrogens is 2. The molecule has 0 saturated carbocycles. The van der Waals surface area contributed by atoms with Crippen molar-refractivity contribution in [2.75, 3.05) is 26.7 Å². The maximum atomic E-state index is 12.1. The van der Waals surface area contributed by atoms with Gasteiger partial charge in [-0.15, -0.1) is 0 Å². The first kappa shape index (κ1) is 19.1. The van der Waals surface area contributed by atoms with Gasteiger partial charge in [-0.2, -0.15) is 5.10 Å². The lowest BCUT2D eigenvalue weighted by atomic mass is 9.68. The van der Waals surface area contributed by atoms with Gasteiger partial charge in [0.25, 0.3) is 0 Å². The van der Waals surface area contributed by atoms with Crippen molar-refractivity contribution >= 4 is 28.4 Å². The molecule has 2 aromatic rings. The molecule has 1 aliphatic rings. The molecule has 0 radical (unpaired) electrons. The van der Waals surface area contributed by atoms with Crippen LogP contribution in [0, 0.1) is 11.3 Å². The van der Waals surface area contributed by atoms with Crippen LogP contribution in [0.15, 0.2) is 18.3 Å². The Hall–Kier alpha value is -1.63. The summed E-state index contributed by atoms with van der Waals surface area (Å²) in [7, 11) is 1.78. The summed E-state index contributed by atoms with van der Waals surface area (Å²) in [6.07, 6.45) is 2.81. The van der Waals surface area contributed by atoms with Gasteiger partial charge in [0.1, 0.15) is 0 Å². The molecular weight excluding hydrogens is 352 g/mol. The van der Waals surface area contributed by atoms with Gasteiger partial charge >= 0.3 is 0 Å². The molecule has 26 heavy (non-hydrogen) atoms. The van der Waals surface area contributed by atoms with Crippen LogP contribution in [-0.2, 0) is 4.79 Å². The Morgan fingerprint density at radius 3 is 2.81 bits per heavy atom. The van der Waals surface area contributed by atoms with Gasteiger partial charge in [-0.25, -0.2) is 0 Å². The molecule has 1 atom stereocenters. The number of halogens is 1. The van der Waals surface area contributed by atoms with Crippen LogP contribution in [0.5, 0.6) is 0 Å². The van der Waals surface area contributed by atoms with Gasteiger partial charge in [-0.3, -0.25) is 9.89 Å². The van der Waals surface area contributed by atoms with Crippen molar-refractivity contribution < 1.29 is 9.90 Å². The van der Waals surface area contributed by atoms with Crippen molar-refractivity contribution in [1.82, 2.24) is 20.4 Å². The van der Waals surface area contributed by atoms with Crippen molar-refractivity contribution in [1.29, 1.82) is 0 Å². The number of piperidine rings is 1. The SMILES string of the molecule is CNCC(=O)N1CCC(C(C)(C)C(O)c2cc(Cl)cc3cn[nH]c23)CC1. The summed E-state index contributed by atoms with van der Waals surface area (Å²) in [6.45, 7) is 6.02. The quantitative estimate of drug-likeness (QED) is 0.747. The highest BCUT2D eigenvalue weighted by Gasteiger charge is 2.40. The van der Waals surface area contributed by atoms with Gasteiger partial charge in [0.15, 0.2) is 0 Å². The third kappa shape index (κ3) is 3.59. The molecule has 1 amide bonds. The van der Waals surface area contributed by atoms with Gasteiger partial charge in [0.2, 0.25) is 5.91 Å². The molecule has 1 fully saturated rings. The Labute approximate surface area is 158 Å². The monoisotopic (exact) mass is 378 g/mol. The van der Waals surface area contributed by atoms with Gasteiger partial charge in [0.05, 0.1) is 24.4 Å². The average molecular weight is 379 g/mol. The van der Waals surface area contributed by atoms with Crippen LogP contribution in [0.25, 0.3) is 10.9 Å². The van der Waals surface area contributed by atoms with Crippen molar-refractivity contribution in [2.24, 2.45) is 11.3 Å². The maximum Gasteiger partial charge on any atom is 0.236 e. The smallest absolute Gasteiger partial charge is 0.236 e. The fraction of sp³-hybridized carbons (Fsp3) is 0.579. The zero-order chi connectivity index (χ0) is 18.9. The summed E-state index contributed by atoms with van der Waals surface area (Å²) in [5.41, 5.74) is 1.27. The summed E-state index contributed by atoms with van der Waals surface area (Å²) in [6, 6.07) is 3.66. The Bertz CT molecular complexity index is 781. The van der Waals surface area contributed by atoms with E-state index in [9.17, 15) is 9.90 Å². The van der Waals surface area contributed by atoms with Crippen LogP contribution in [0.1, 0.15) is 38.4 Å². The molecule has 1 aliphatic heterocycles. The number of nitrogens with one attached hydrogen (secondary N) is 2. The average Bonchev–Trinajstić information content (AvgIpc) is 3.09. The number of carbonyl (C=O) groups excluding carboxylic acids is 1. The second-order valence-electron chi connectivity index (χ2n) is 7.74. The summed E-state index contributed by atoms with van der Waals surface area (Å²) < 4.78 is 0. The molecule has 2 heterocycles. The van der Waals surface area contributed by atoms with E-state index in [0.717, 1.165) is 42.4 Å². The van der Waals surface area contributed by atoms with Crippen molar-refractivity contribution in [3.63, 3.8) is 0 Å². The summed E-state index contributed by atoms with van der Waals surface area (Å²) in [5, 5.41) is 22.7. The molecule has 0 bridgehead atoms. The maximum absolute atomic E-state index is 12.1. The number of aliphatic hydroxyl groups is 1. The number of amides is 1. The van der Waals surface area contributed by atoms with Crippen molar-refractivity contribution in [2.45, 2.75) is 32.8 Å². The van der Waals surface area contributed by atoms with E-state index in [1.54, 1.807) is 13.2 Å². The first-order chi connectivity index (χ1) is 12.3. The highest BCUT2D eigenvalue weighted by atomic mass is 35.5. The predicted octanol–water partition coefficient (Wildman–Crippen LogP) is 2.73. The minimum atomic E-state index is -0.672. The number of benzene rings is 1. The zero-order valence-corrected chi connectivity index (χ0v) is 16.3. The minimum Gasteiger partial charge on any atom is -0.388 e. The number of rotatable bonds is 5. The van der Waals surface area contributed by atoms with E-state index in [1.807, 2.05) is 17.0 Å². The van der Waals surface area contributed by atoms with E-state index in [0.29, 0.717) is 17.5 Å². The normalized spacial score (nSPS) is 17.7. The number of aliphatic hydroxyl groups excluding tert-OH is 1. The van der Waals surface area contributed by atoms with Crippen LogP contribution in [-0.4, -0.2) is 52.8 Å². The third-order valence-corrected chi connectivity index (χ3v) is 5.99.